The van der Waals surface area contributed by atoms with Gasteiger partial charge in [0.1, 0.15) is 96.6 Å². The average molecular weight is 2060 g/mol. The number of thiol groups is 2. The van der Waals surface area contributed by atoms with Crippen molar-refractivity contribution in [2.75, 3.05) is 157 Å². The second kappa shape index (κ2) is 94.0. The molecular weight excluding hydrogens is 1910 g/mol. The van der Waals surface area contributed by atoms with Crippen LogP contribution in [0.5, 0.6) is 0 Å². The summed E-state index contributed by atoms with van der Waals surface area (Å²) in [6.07, 6.45) is -22.4. The van der Waals surface area contributed by atoms with Gasteiger partial charge in [0.25, 0.3) is 29.5 Å². The monoisotopic (exact) mass is 2060 g/mol. The highest BCUT2D eigenvalue weighted by Gasteiger charge is 2.40. The van der Waals surface area contributed by atoms with Crippen molar-refractivity contribution in [3.8, 4) is 0 Å². The van der Waals surface area contributed by atoms with Crippen molar-refractivity contribution in [3.05, 3.63) is 24.4 Å². The van der Waals surface area contributed by atoms with E-state index in [2.05, 4.69) is 98.8 Å². The Morgan fingerprint density at radius 3 is 0.923 bits per heavy atom. The van der Waals surface area contributed by atoms with Crippen LogP contribution in [0.1, 0.15) is 91.4 Å². The lowest BCUT2D eigenvalue weighted by Crippen LogP contribution is -2.52. The van der Waals surface area contributed by atoms with E-state index in [-0.39, 0.29) is 95.4 Å². The number of aliphatic hydroxyl groups excluding tert-OH is 20. The van der Waals surface area contributed by atoms with Gasteiger partial charge < -0.3 is 191 Å². The molecule has 0 fully saturated rings. The minimum absolute atomic E-state index is 0. The second-order valence-electron chi connectivity index (χ2n) is 26.4. The molecule has 770 valence electrons. The fourth-order valence-corrected chi connectivity index (χ4v) is 12.4. The van der Waals surface area contributed by atoms with E-state index >= 15 is 0 Å². The summed E-state index contributed by atoms with van der Waals surface area (Å²) in [7, 11) is 11.2. The number of rotatable bonds is 64. The van der Waals surface area contributed by atoms with E-state index in [1.54, 1.807) is 17.0 Å². The summed E-state index contributed by atoms with van der Waals surface area (Å²) >= 11 is 13.0. The first-order chi connectivity index (χ1) is 60.1. The van der Waals surface area contributed by atoms with Crippen molar-refractivity contribution in [2.24, 2.45) is 5.73 Å². The van der Waals surface area contributed by atoms with Gasteiger partial charge in [0.05, 0.1) is 53.5 Å². The standard InChI is InChI=1S/C19H31N3O7S2.C15H28N2O8S.C14H28N2O7S.C13H26N2O7S.C11H24N2O6.CH4.H3N.H2O.H2P2S.H3P/c1-29-18(13(24)12-23)16(26)17(27)19(28)22-10-5-4-8-20-14(25)7-11-30-31-15-6-2-3-9-21-15;1-9(19)26-8-11(21)16-5-3-4-6-17-15(24)13(23)12(22)14(25-2)10(20)7-18;1-23-13(9(18)8-17)11(20)12(21)14(22)16-6-3-2-5-15-10(19)4-7-24;1-22-12(8(17)6-16)10(19)11(20)13(21)15-5-3-2-4-14-9(18)7-23;1-19-10(7(15)6-14)8(16)9(17)11(18)13-5-3-2-4-12;;;;1-2-3;/h2-3,6,9,13,16-18,23-24,26-27H,4-5,7-8,10-12H2,1H3,(H,20,25)(H,22,28);10,12-14,18,20,22-23H,3-8H2,1-2H3,(H,16,21)(H,17,24);9,11-13,17-18,20-21,24H,2-8H2,1H3,(H,15,19)(H,16,22);8,10-12,16-17,19-20,23H,2-7H2,1H3,(H,14,18)(H,15,21);7-10,14-17H,2-6,12H2,1H3,(H,13,18);1H4;1H3;1H2;1H2;1H3/p+1/t13?,16-,17?,18-;10?,12-,13?,14-;9?,11-,12?,13-;8?,10-,11?,12-;7?,8-,9?,10-;;;;;/m11111...../s1/i/hD. The molecule has 0 saturated heterocycles. The van der Waals surface area contributed by atoms with E-state index < -0.39 is 192 Å². The molecule has 1 heterocycles. The number of hydrogen-bond donors (Lipinski definition) is 33. The fourth-order valence-electron chi connectivity index (χ4n) is 9.76. The molecule has 48 nitrogen and oxygen atoms in total. The Morgan fingerprint density at radius 2 is 0.700 bits per heavy atom. The number of nitrogens with zero attached hydrogens (tertiary/aromatic N) is 1. The lowest BCUT2D eigenvalue weighted by Gasteiger charge is -2.27. The summed E-state index contributed by atoms with van der Waals surface area (Å²) < 4.78 is 30.4. The number of amides is 9. The van der Waals surface area contributed by atoms with Gasteiger partial charge in [-0.05, 0) is 99.4 Å². The molecule has 0 aliphatic heterocycles. The van der Waals surface area contributed by atoms with Crippen molar-refractivity contribution < 1.29 is 179 Å². The molecule has 0 bridgehead atoms. The maximum Gasteiger partial charge on any atom is 0.355 e. The molecule has 0 spiro atoms. The number of hydrogen-bond acceptors (Lipinski definition) is 44. The van der Waals surface area contributed by atoms with Crippen LogP contribution in [-0.4, -0.2) is 451 Å². The van der Waals surface area contributed by atoms with Gasteiger partial charge in [-0.2, -0.15) is 35.2 Å². The van der Waals surface area contributed by atoms with Crippen molar-refractivity contribution in [2.45, 2.75) is 219 Å². The number of unbranched alkanes of at least 4 members (excludes halogenated alkanes) is 5. The molecule has 1 aromatic rings. The van der Waals surface area contributed by atoms with E-state index in [4.69, 9.17) is 56.2 Å². The first kappa shape index (κ1) is 141. The van der Waals surface area contributed by atoms with Crippen LogP contribution in [0.15, 0.2) is 29.4 Å². The van der Waals surface area contributed by atoms with Crippen LogP contribution in [0.4, 0.5) is 0 Å². The number of ether oxygens (including phenoxy) is 5. The number of aromatic nitrogens is 1. The molecule has 0 aliphatic carbocycles. The second-order valence-corrected chi connectivity index (χ2v) is 33.5. The topological polar surface area (TPSA) is 835 Å². The van der Waals surface area contributed by atoms with Gasteiger partial charge in [0.2, 0.25) is 23.6 Å². The maximum atomic E-state index is 11.9. The van der Waals surface area contributed by atoms with Crippen LogP contribution >= 0.6 is 84.4 Å². The number of aliphatic hydroxyl groups is 20. The largest absolute Gasteiger partial charge is 0.412 e. The van der Waals surface area contributed by atoms with Crippen molar-refractivity contribution in [1.29, 1.82) is 1.28 Å². The molecule has 1 rings (SSSR count). The minimum atomic E-state index is -1.83. The fraction of sp³-hybridized carbons (Fsp3) is 0.795. The van der Waals surface area contributed by atoms with Gasteiger partial charge in [-0.15, -0.1) is 0 Å². The highest BCUT2D eigenvalue weighted by molar-refractivity contribution is 8.76. The van der Waals surface area contributed by atoms with Crippen LogP contribution in [0.2, 0.25) is 0 Å². The summed E-state index contributed by atoms with van der Waals surface area (Å²) in [5.74, 6) is -3.29. The van der Waals surface area contributed by atoms with Gasteiger partial charge in [-0.25, -0.2) is 4.98 Å². The van der Waals surface area contributed by atoms with Gasteiger partial charge in [0, 0.05) is 126 Å². The zero-order valence-corrected chi connectivity index (χ0v) is 81.9. The third-order valence-corrected chi connectivity index (χ3v) is 20.3. The Hall–Kier alpha value is -3.94. The van der Waals surface area contributed by atoms with E-state index in [0.717, 1.165) is 23.2 Å². The molecule has 0 saturated carbocycles. The van der Waals surface area contributed by atoms with Crippen LogP contribution < -0.4 is 59.7 Å². The minimum Gasteiger partial charge on any atom is -0.412 e. The molecule has 0 aliphatic rings. The predicted molar refractivity (Wildman–Crippen MR) is 506 cm³/mol. The smallest absolute Gasteiger partial charge is 0.355 e. The van der Waals surface area contributed by atoms with Gasteiger partial charge >= 0.3 is 1.28 Å². The summed E-state index contributed by atoms with van der Waals surface area (Å²) in [6, 6.07) is 5.66. The Morgan fingerprint density at radius 1 is 0.454 bits per heavy atom. The molecule has 0 aromatic carbocycles. The SMILES string of the molecule is C.CO[C@H](C(O)CO)[C@H](O)C(O)C(=O)NCCCCN.CO[C@H](C(O)CO)[C@H](O)C(O)C(=O)NCCCCNC(=O)CCS.CO[C@H](C(O)CO)[C@H](O)C(O)C(=O)NCCCCNC(=O)CCSSc1ccccn1.CO[C@H](C(O)CO)[C@H](O)C(O)C(=O)NCCCCNC(=O)CS.CO[C@H](C(O)CO)[C@H](O)C(O)C(=O)NCCCCNC(=O)CSC(C)=O.N.O.P.[2H][P+](P)=S. The van der Waals surface area contributed by atoms with Crippen LogP contribution in [-0.2, 0) is 83.4 Å². The first-order valence-electron chi connectivity index (χ1n) is 39.9. The number of carbonyl (C=O) groups excluding carboxylic acids is 10. The van der Waals surface area contributed by atoms with E-state index in [0.29, 0.717) is 121 Å². The van der Waals surface area contributed by atoms with Crippen LogP contribution in [0.3, 0.4) is 0 Å². The van der Waals surface area contributed by atoms with Gasteiger partial charge in [-0.1, -0.05) is 36.0 Å². The highest BCUT2D eigenvalue weighted by atomic mass is 33.1. The predicted octanol–water partition coefficient (Wildman–Crippen LogP) is -11.0. The molecule has 130 heavy (non-hydrogen) atoms. The number of nitrogens with two attached hydrogens (primary N) is 1. The average Bonchev–Trinajstić information content (AvgIpc) is 0.890. The molecule has 9 amide bonds. The van der Waals surface area contributed by atoms with Crippen LogP contribution in [0, 0.1) is 0 Å². The molecule has 13 unspecified atom stereocenters. The zero-order chi connectivity index (χ0) is 98.0. The van der Waals surface area contributed by atoms with Crippen molar-refractivity contribution in [1.82, 2.24) is 59.0 Å². The third kappa shape index (κ3) is 70.7. The number of nitrogens with one attached hydrogen (secondary N) is 9. The molecule has 23 atom stereocenters. The summed E-state index contributed by atoms with van der Waals surface area (Å²) in [4.78, 5) is 119. The van der Waals surface area contributed by atoms with Crippen LogP contribution in [0.25, 0.3) is 0 Å². The van der Waals surface area contributed by atoms with Gasteiger partial charge in [0.15, 0.2) is 54.4 Å². The lowest BCUT2D eigenvalue weighted by atomic mass is 10.0. The van der Waals surface area contributed by atoms with Gasteiger partial charge in [-0.3, -0.25) is 47.9 Å². The summed E-state index contributed by atoms with van der Waals surface area (Å²) in [5, 5.41) is 213. The number of methoxy groups -OCH3 is 5. The molecule has 36 N–H and O–H groups in total. The van der Waals surface area contributed by atoms with E-state index in [9.17, 15) is 125 Å². The molecule has 0 radical (unpaired) electrons. The maximum absolute atomic E-state index is 11.9. The number of carbonyl (C=O) groups is 10. The van der Waals surface area contributed by atoms with Crippen molar-refractivity contribution in [3.63, 3.8) is 0 Å². The first-order valence-corrected chi connectivity index (χ1v) is 47.5. The third-order valence-electron chi connectivity index (χ3n) is 16.7. The summed E-state index contributed by atoms with van der Waals surface area (Å²) in [5.41, 5.74) is 5.29. The highest BCUT2D eigenvalue weighted by Crippen LogP contribution is 2.29. The molecule has 57 heteroatoms. The number of pyridine rings is 1. The molecule has 1 aromatic heterocycles. The Labute approximate surface area is 795 Å². The normalized spacial score (nSPS) is 15.5. The molecular formula is C73H152N12O36P3S6+. The quantitative estimate of drug-likeness (QED) is 0.0125. The summed E-state index contributed by atoms with van der Waals surface area (Å²) in [6.45, 7) is 0.700. The van der Waals surface area contributed by atoms with E-state index in [1.165, 1.54) is 53.3 Å². The van der Waals surface area contributed by atoms with E-state index in [1.807, 2.05) is 18.2 Å². The lowest BCUT2D eigenvalue weighted by molar-refractivity contribution is -0.154. The van der Waals surface area contributed by atoms with Crippen molar-refractivity contribution >= 4 is 155 Å². The zero-order valence-electron chi connectivity index (χ0n) is 74.3. The number of thioether (sulfide) groups is 1. The Kier molecular flexibility index (Phi) is 102. The Balaban J connectivity index is -0.000000201. The Bertz CT molecular complexity index is 3070.